The number of nitrogens with zero attached hydrogens (tertiary/aromatic N) is 2. The molecule has 0 unspecified atom stereocenters. The van der Waals surface area contributed by atoms with Gasteiger partial charge in [0, 0.05) is 30.1 Å². The van der Waals surface area contributed by atoms with E-state index in [4.69, 9.17) is 0 Å². The number of hydrogen-bond acceptors (Lipinski definition) is 2. The summed E-state index contributed by atoms with van der Waals surface area (Å²) in [5.74, 6) is 0.268. The van der Waals surface area contributed by atoms with Gasteiger partial charge >= 0.3 is 6.03 Å². The van der Waals surface area contributed by atoms with Crippen LogP contribution in [0.1, 0.15) is 47.6 Å². The molecule has 1 aromatic heterocycles. The van der Waals surface area contributed by atoms with Crippen LogP contribution < -0.4 is 0 Å². The van der Waals surface area contributed by atoms with E-state index in [2.05, 4.69) is 16.3 Å². The highest BCUT2D eigenvalue weighted by Crippen LogP contribution is 2.43. The number of halogens is 1. The molecule has 2 aromatic rings. The van der Waals surface area contributed by atoms with Gasteiger partial charge in [-0.25, -0.2) is 9.18 Å². The number of piperidine rings is 1. The summed E-state index contributed by atoms with van der Waals surface area (Å²) in [6.07, 6.45) is 5.20. The van der Waals surface area contributed by atoms with Crippen LogP contribution in [0.25, 0.3) is 0 Å². The maximum absolute atomic E-state index is 13.2. The second kappa shape index (κ2) is 6.38. The van der Waals surface area contributed by atoms with Crippen LogP contribution in [0.2, 0.25) is 0 Å². The normalized spacial score (nSPS) is 27.5. The zero-order chi connectivity index (χ0) is 17.7. The third kappa shape index (κ3) is 2.73. The Balaban J connectivity index is 1.31. The molecule has 0 aliphatic carbocycles. The summed E-state index contributed by atoms with van der Waals surface area (Å²) in [5, 5.41) is 2.14. The van der Waals surface area contributed by atoms with Crippen molar-refractivity contribution in [2.24, 2.45) is 0 Å². The van der Waals surface area contributed by atoms with Crippen LogP contribution in [-0.4, -0.2) is 34.5 Å². The predicted octanol–water partition coefficient (Wildman–Crippen LogP) is 4.78. The first-order chi connectivity index (χ1) is 12.7. The molecule has 4 heterocycles. The van der Waals surface area contributed by atoms with Gasteiger partial charge in [0.2, 0.25) is 0 Å². The number of carbonyl (C=O) groups excluding carboxylic acids is 1. The molecule has 3 nitrogen and oxygen atoms in total. The van der Waals surface area contributed by atoms with Gasteiger partial charge < -0.3 is 9.80 Å². The van der Waals surface area contributed by atoms with Gasteiger partial charge in [-0.3, -0.25) is 0 Å². The Morgan fingerprint density at radius 2 is 1.81 bits per heavy atom. The molecule has 5 heteroatoms. The van der Waals surface area contributed by atoms with Crippen molar-refractivity contribution in [1.29, 1.82) is 0 Å². The highest BCUT2D eigenvalue weighted by Gasteiger charge is 2.45. The molecule has 3 aliphatic heterocycles. The van der Waals surface area contributed by atoms with Crippen molar-refractivity contribution >= 4 is 17.4 Å². The third-order valence-electron chi connectivity index (χ3n) is 6.37. The highest BCUT2D eigenvalue weighted by atomic mass is 32.1. The van der Waals surface area contributed by atoms with Crippen LogP contribution in [0.5, 0.6) is 0 Å². The Kier molecular flexibility index (Phi) is 4.00. The van der Waals surface area contributed by atoms with E-state index in [1.54, 1.807) is 12.1 Å². The first-order valence-corrected chi connectivity index (χ1v) is 10.4. The summed E-state index contributed by atoms with van der Waals surface area (Å²) in [5.41, 5.74) is 2.54. The van der Waals surface area contributed by atoms with Gasteiger partial charge in [0.1, 0.15) is 5.82 Å². The monoisotopic (exact) mass is 370 g/mol. The second-order valence-electron chi connectivity index (χ2n) is 7.84. The SMILES string of the molecule is O=C(N1CCc2sccc2C1)N1[C@@H]2CC[C@@H]1CC(c1ccc(F)cc1)C2. The molecular formula is C21H23FN2OS. The summed E-state index contributed by atoms with van der Waals surface area (Å²) in [7, 11) is 0. The molecule has 5 rings (SSSR count). The molecule has 0 N–H and O–H groups in total. The fraction of sp³-hybridized carbons (Fsp3) is 0.476. The number of benzene rings is 1. The molecule has 2 amide bonds. The van der Waals surface area contributed by atoms with Gasteiger partial charge in [0.25, 0.3) is 0 Å². The largest absolute Gasteiger partial charge is 0.320 e. The van der Waals surface area contributed by atoms with Gasteiger partial charge in [-0.1, -0.05) is 12.1 Å². The average molecular weight is 370 g/mol. The maximum atomic E-state index is 13.2. The van der Waals surface area contributed by atoms with Gasteiger partial charge in [-0.15, -0.1) is 11.3 Å². The lowest BCUT2D eigenvalue weighted by Crippen LogP contribution is -2.52. The lowest BCUT2D eigenvalue weighted by atomic mass is 9.85. The second-order valence-corrected chi connectivity index (χ2v) is 8.84. The van der Waals surface area contributed by atoms with E-state index in [1.165, 1.54) is 16.0 Å². The van der Waals surface area contributed by atoms with E-state index in [9.17, 15) is 9.18 Å². The van der Waals surface area contributed by atoms with Crippen LogP contribution in [-0.2, 0) is 13.0 Å². The number of fused-ring (bicyclic) bond motifs is 3. The smallest absolute Gasteiger partial charge is 0.320 e. The quantitative estimate of drug-likeness (QED) is 0.709. The van der Waals surface area contributed by atoms with Crippen molar-refractivity contribution in [2.45, 2.75) is 56.7 Å². The third-order valence-corrected chi connectivity index (χ3v) is 7.40. The molecule has 0 radical (unpaired) electrons. The molecule has 2 saturated heterocycles. The van der Waals surface area contributed by atoms with E-state index in [0.717, 1.165) is 45.2 Å². The lowest BCUT2D eigenvalue weighted by Gasteiger charge is -2.42. The Hall–Kier alpha value is -1.88. The number of carbonyl (C=O) groups is 1. The molecule has 136 valence electrons. The molecule has 2 fully saturated rings. The number of urea groups is 1. The van der Waals surface area contributed by atoms with Gasteiger partial charge in [0.05, 0.1) is 0 Å². The van der Waals surface area contributed by atoms with Crippen LogP contribution in [0, 0.1) is 5.82 Å². The Labute approximate surface area is 157 Å². The molecule has 0 saturated carbocycles. The van der Waals surface area contributed by atoms with Crippen molar-refractivity contribution in [3.63, 3.8) is 0 Å². The van der Waals surface area contributed by atoms with E-state index in [1.807, 2.05) is 28.4 Å². The minimum atomic E-state index is -0.178. The zero-order valence-electron chi connectivity index (χ0n) is 14.7. The van der Waals surface area contributed by atoms with Crippen LogP contribution in [0.3, 0.4) is 0 Å². The fourth-order valence-electron chi connectivity index (χ4n) is 5.07. The topological polar surface area (TPSA) is 23.6 Å². The summed E-state index contributed by atoms with van der Waals surface area (Å²) in [6, 6.07) is 10.0. The fourth-order valence-corrected chi connectivity index (χ4v) is 5.96. The Morgan fingerprint density at radius 3 is 2.54 bits per heavy atom. The number of amides is 2. The minimum absolute atomic E-state index is 0.178. The molecule has 26 heavy (non-hydrogen) atoms. The summed E-state index contributed by atoms with van der Waals surface area (Å²) >= 11 is 1.81. The Morgan fingerprint density at radius 1 is 1.08 bits per heavy atom. The number of rotatable bonds is 1. The lowest BCUT2D eigenvalue weighted by molar-refractivity contribution is 0.101. The molecule has 3 aliphatic rings. The predicted molar refractivity (Wildman–Crippen MR) is 101 cm³/mol. The van der Waals surface area contributed by atoms with Crippen LogP contribution in [0.4, 0.5) is 9.18 Å². The minimum Gasteiger partial charge on any atom is -0.320 e. The first-order valence-electron chi connectivity index (χ1n) is 9.57. The average Bonchev–Trinajstić information content (AvgIpc) is 3.23. The number of hydrogen-bond donors (Lipinski definition) is 0. The molecular weight excluding hydrogens is 347 g/mol. The Bertz CT molecular complexity index is 804. The molecule has 2 atom stereocenters. The van der Waals surface area contributed by atoms with E-state index in [-0.39, 0.29) is 11.8 Å². The summed E-state index contributed by atoms with van der Waals surface area (Å²) in [6.45, 7) is 1.60. The van der Waals surface area contributed by atoms with E-state index >= 15 is 0 Å². The maximum Gasteiger partial charge on any atom is 0.320 e. The summed E-state index contributed by atoms with van der Waals surface area (Å²) < 4.78 is 13.2. The first kappa shape index (κ1) is 16.3. The van der Waals surface area contributed by atoms with Crippen molar-refractivity contribution in [3.8, 4) is 0 Å². The number of thiophene rings is 1. The van der Waals surface area contributed by atoms with Crippen molar-refractivity contribution in [1.82, 2.24) is 9.80 Å². The molecule has 1 aromatic carbocycles. The van der Waals surface area contributed by atoms with Crippen LogP contribution >= 0.6 is 11.3 Å². The van der Waals surface area contributed by atoms with Crippen molar-refractivity contribution in [2.75, 3.05) is 6.54 Å². The summed E-state index contributed by atoms with van der Waals surface area (Å²) in [4.78, 5) is 18.9. The van der Waals surface area contributed by atoms with Crippen molar-refractivity contribution in [3.05, 3.63) is 57.5 Å². The molecule has 2 bridgehead atoms. The van der Waals surface area contributed by atoms with Crippen molar-refractivity contribution < 1.29 is 9.18 Å². The van der Waals surface area contributed by atoms with E-state index < -0.39 is 0 Å². The van der Waals surface area contributed by atoms with Crippen LogP contribution in [0.15, 0.2) is 35.7 Å². The van der Waals surface area contributed by atoms with Gasteiger partial charge in [0.15, 0.2) is 0 Å². The van der Waals surface area contributed by atoms with Gasteiger partial charge in [-0.2, -0.15) is 0 Å². The highest BCUT2D eigenvalue weighted by molar-refractivity contribution is 7.10. The zero-order valence-corrected chi connectivity index (χ0v) is 15.6. The van der Waals surface area contributed by atoms with E-state index in [0.29, 0.717) is 18.0 Å². The van der Waals surface area contributed by atoms with Gasteiger partial charge in [-0.05, 0) is 72.7 Å². The standard InChI is InChI=1S/C21H23FN2OS/c22-17-3-1-14(2-4-17)16-11-18-5-6-19(12-16)24(18)21(25)23-9-7-20-15(13-23)8-10-26-20/h1-4,8,10,16,18-19H,5-7,9,11-13H2/t18-,19-/m1/s1. The molecule has 0 spiro atoms.